The van der Waals surface area contributed by atoms with Crippen LogP contribution in [-0.4, -0.2) is 4.92 Å². The smallest absolute Gasteiger partial charge is 0.292 e. The van der Waals surface area contributed by atoms with Crippen molar-refractivity contribution in [2.45, 2.75) is 6.54 Å². The van der Waals surface area contributed by atoms with E-state index >= 15 is 0 Å². The third-order valence-electron chi connectivity index (χ3n) is 2.64. The number of hydrogen-bond acceptors (Lipinski definition) is 3. The minimum atomic E-state index is -0.617. The van der Waals surface area contributed by atoms with Crippen molar-refractivity contribution in [3.63, 3.8) is 0 Å². The first kappa shape index (κ1) is 14.2. The van der Waals surface area contributed by atoms with E-state index in [1.54, 1.807) is 0 Å². The number of anilines is 1. The second kappa shape index (κ2) is 5.83. The summed E-state index contributed by atoms with van der Waals surface area (Å²) in [7, 11) is 0. The predicted molar refractivity (Wildman–Crippen MR) is 71.8 cm³/mol. The number of nitrogens with one attached hydrogen (secondary N) is 1. The van der Waals surface area contributed by atoms with Crippen LogP contribution in [0.5, 0.6) is 0 Å². The van der Waals surface area contributed by atoms with E-state index in [1.807, 2.05) is 0 Å². The molecule has 1 N–H and O–H groups in total. The molecule has 0 aliphatic carbocycles. The predicted octanol–water partition coefficient (Wildman–Crippen LogP) is 4.14. The van der Waals surface area contributed by atoms with Gasteiger partial charge in [-0.3, -0.25) is 10.1 Å². The molecule has 0 atom stereocenters. The van der Waals surface area contributed by atoms with Gasteiger partial charge >= 0.3 is 0 Å². The van der Waals surface area contributed by atoms with E-state index in [1.165, 1.54) is 12.1 Å². The quantitative estimate of drug-likeness (QED) is 0.682. The van der Waals surface area contributed by atoms with E-state index in [0.717, 1.165) is 24.3 Å². The Morgan fingerprint density at radius 3 is 2.45 bits per heavy atom. The number of nitro benzene ring substituents is 1. The van der Waals surface area contributed by atoms with Crippen LogP contribution in [0.4, 0.5) is 20.2 Å². The highest BCUT2D eigenvalue weighted by molar-refractivity contribution is 6.31. The van der Waals surface area contributed by atoms with Gasteiger partial charge in [0, 0.05) is 23.7 Å². The molecule has 0 saturated heterocycles. The Bertz CT molecular complexity index is 665. The third kappa shape index (κ3) is 3.21. The lowest BCUT2D eigenvalue weighted by molar-refractivity contribution is -0.384. The van der Waals surface area contributed by atoms with Crippen molar-refractivity contribution in [3.8, 4) is 0 Å². The highest BCUT2D eigenvalue weighted by atomic mass is 35.5. The molecule has 0 radical (unpaired) electrons. The molecule has 0 amide bonds. The molecule has 0 spiro atoms. The van der Waals surface area contributed by atoms with Gasteiger partial charge in [0.2, 0.25) is 0 Å². The zero-order valence-electron chi connectivity index (χ0n) is 10.1. The lowest BCUT2D eigenvalue weighted by atomic mass is 10.2. The summed E-state index contributed by atoms with van der Waals surface area (Å²) in [6.07, 6.45) is 0. The van der Waals surface area contributed by atoms with Crippen molar-refractivity contribution in [2.75, 3.05) is 5.32 Å². The number of nitrogens with zero attached hydrogens (tertiary/aromatic N) is 1. The molecule has 2 rings (SSSR count). The average molecular weight is 299 g/mol. The van der Waals surface area contributed by atoms with Crippen LogP contribution in [0.1, 0.15) is 5.56 Å². The Morgan fingerprint density at radius 2 is 1.80 bits per heavy atom. The lowest BCUT2D eigenvalue weighted by Gasteiger charge is -2.08. The highest BCUT2D eigenvalue weighted by Crippen LogP contribution is 2.26. The molecule has 0 fully saturated rings. The van der Waals surface area contributed by atoms with Gasteiger partial charge in [0.25, 0.3) is 5.69 Å². The third-order valence-corrected chi connectivity index (χ3v) is 2.99. The molecule has 0 heterocycles. The normalized spacial score (nSPS) is 10.3. The Hall–Kier alpha value is -2.21. The highest BCUT2D eigenvalue weighted by Gasteiger charge is 2.14. The zero-order chi connectivity index (χ0) is 14.7. The summed E-state index contributed by atoms with van der Waals surface area (Å²) in [6.45, 7) is 0.114. The lowest BCUT2D eigenvalue weighted by Crippen LogP contribution is -2.03. The molecule has 0 aliphatic rings. The molecule has 0 unspecified atom stereocenters. The molecule has 20 heavy (non-hydrogen) atoms. The molecular weight excluding hydrogens is 290 g/mol. The van der Waals surface area contributed by atoms with Gasteiger partial charge in [-0.15, -0.1) is 0 Å². The van der Waals surface area contributed by atoms with Crippen LogP contribution in [0.3, 0.4) is 0 Å². The van der Waals surface area contributed by atoms with E-state index in [-0.39, 0.29) is 22.9 Å². The number of rotatable bonds is 4. The van der Waals surface area contributed by atoms with E-state index < -0.39 is 16.6 Å². The van der Waals surface area contributed by atoms with Crippen LogP contribution in [0.25, 0.3) is 0 Å². The molecule has 0 aliphatic heterocycles. The monoisotopic (exact) mass is 298 g/mol. The van der Waals surface area contributed by atoms with Crippen LogP contribution >= 0.6 is 11.6 Å². The fourth-order valence-electron chi connectivity index (χ4n) is 1.66. The van der Waals surface area contributed by atoms with Crippen LogP contribution in [-0.2, 0) is 6.54 Å². The molecule has 0 saturated carbocycles. The Labute approximate surface area is 118 Å². The molecule has 2 aromatic rings. The fraction of sp³-hybridized carbons (Fsp3) is 0.0769. The second-order valence-electron chi connectivity index (χ2n) is 4.01. The largest absolute Gasteiger partial charge is 0.375 e. The SMILES string of the molecule is O=[N+]([O-])c1ccc(F)cc1NCc1ccc(F)cc1Cl. The van der Waals surface area contributed by atoms with Gasteiger partial charge in [0.05, 0.1) is 4.92 Å². The molecular formula is C13H9ClF2N2O2. The molecule has 2 aromatic carbocycles. The van der Waals surface area contributed by atoms with Crippen molar-refractivity contribution in [1.29, 1.82) is 0 Å². The van der Waals surface area contributed by atoms with Crippen molar-refractivity contribution >= 4 is 23.0 Å². The Balaban J connectivity index is 2.22. The number of halogens is 3. The van der Waals surface area contributed by atoms with Gasteiger partial charge in [-0.05, 0) is 23.8 Å². The summed E-state index contributed by atoms with van der Waals surface area (Å²) in [5.74, 6) is -1.07. The van der Waals surface area contributed by atoms with E-state index in [2.05, 4.69) is 5.32 Å². The maximum atomic E-state index is 13.1. The van der Waals surface area contributed by atoms with Gasteiger partial charge < -0.3 is 5.32 Å². The molecule has 0 bridgehead atoms. The first-order valence-electron chi connectivity index (χ1n) is 5.59. The molecule has 0 aromatic heterocycles. The first-order chi connectivity index (χ1) is 9.47. The van der Waals surface area contributed by atoms with Crippen molar-refractivity contribution < 1.29 is 13.7 Å². The first-order valence-corrected chi connectivity index (χ1v) is 5.97. The van der Waals surface area contributed by atoms with Gasteiger partial charge in [-0.2, -0.15) is 0 Å². The summed E-state index contributed by atoms with van der Waals surface area (Å²) in [5.41, 5.74) is 0.339. The van der Waals surface area contributed by atoms with Gasteiger partial charge in [0.1, 0.15) is 17.3 Å². The summed E-state index contributed by atoms with van der Waals surface area (Å²) >= 11 is 5.84. The van der Waals surface area contributed by atoms with Crippen molar-refractivity contribution in [2.24, 2.45) is 0 Å². The minimum Gasteiger partial charge on any atom is -0.375 e. The van der Waals surface area contributed by atoms with Crippen molar-refractivity contribution in [3.05, 3.63) is 68.7 Å². The summed E-state index contributed by atoms with van der Waals surface area (Å²) < 4.78 is 26.0. The maximum absolute atomic E-state index is 13.1. The average Bonchev–Trinajstić information content (AvgIpc) is 2.37. The van der Waals surface area contributed by atoms with Crippen LogP contribution in [0.2, 0.25) is 5.02 Å². The van der Waals surface area contributed by atoms with Crippen LogP contribution in [0.15, 0.2) is 36.4 Å². The zero-order valence-corrected chi connectivity index (χ0v) is 10.8. The van der Waals surface area contributed by atoms with E-state index in [0.29, 0.717) is 5.56 Å². The van der Waals surface area contributed by atoms with Crippen molar-refractivity contribution in [1.82, 2.24) is 0 Å². The second-order valence-corrected chi connectivity index (χ2v) is 4.42. The van der Waals surface area contributed by atoms with Crippen LogP contribution in [0, 0.1) is 21.7 Å². The van der Waals surface area contributed by atoms with Gasteiger partial charge in [-0.1, -0.05) is 17.7 Å². The van der Waals surface area contributed by atoms with Gasteiger partial charge in [-0.25, -0.2) is 8.78 Å². The van der Waals surface area contributed by atoms with Crippen LogP contribution < -0.4 is 5.32 Å². The number of benzene rings is 2. The molecule has 4 nitrogen and oxygen atoms in total. The molecule has 7 heteroatoms. The number of nitro groups is 1. The molecule has 104 valence electrons. The number of hydrogen-bond donors (Lipinski definition) is 1. The van der Waals surface area contributed by atoms with Gasteiger partial charge in [0.15, 0.2) is 0 Å². The Morgan fingerprint density at radius 1 is 1.15 bits per heavy atom. The standard InChI is InChI=1S/C13H9ClF2N2O2/c14-11-5-9(15)2-1-8(11)7-17-12-6-10(16)3-4-13(12)18(19)20/h1-6,17H,7H2. The summed E-state index contributed by atoms with van der Waals surface area (Å²) in [4.78, 5) is 10.2. The Kier molecular flexibility index (Phi) is 4.14. The fourth-order valence-corrected chi connectivity index (χ4v) is 1.90. The topological polar surface area (TPSA) is 55.2 Å². The van der Waals surface area contributed by atoms with E-state index in [4.69, 9.17) is 11.6 Å². The maximum Gasteiger partial charge on any atom is 0.292 e. The van der Waals surface area contributed by atoms with E-state index in [9.17, 15) is 18.9 Å². The summed E-state index contributed by atoms with van der Waals surface area (Å²) in [5, 5.41) is 13.7. The summed E-state index contributed by atoms with van der Waals surface area (Å²) in [6, 6.07) is 6.92. The minimum absolute atomic E-state index is 0.0374.